The molecule has 7 nitrogen and oxygen atoms in total. The number of carbonyl (C=O) groups is 1. The highest BCUT2D eigenvalue weighted by molar-refractivity contribution is 5.78. The van der Waals surface area contributed by atoms with Gasteiger partial charge in [-0.25, -0.2) is 14.8 Å². The van der Waals surface area contributed by atoms with Gasteiger partial charge in [-0.05, 0) is 83.1 Å². The zero-order valence-electron chi connectivity index (χ0n) is 23.3. The molecule has 1 amide bonds. The third-order valence-corrected chi connectivity index (χ3v) is 6.46. The van der Waals surface area contributed by atoms with Crippen molar-refractivity contribution in [1.82, 2.24) is 14.9 Å². The van der Waals surface area contributed by atoms with Gasteiger partial charge in [-0.1, -0.05) is 31.6 Å². The molecule has 2 heterocycles. The number of aryl methyl sites for hydroxylation is 2. The minimum Gasteiger partial charge on any atom is -0.444 e. The smallest absolute Gasteiger partial charge is 0.410 e. The number of benzene rings is 1. The molecule has 0 bridgehead atoms. The summed E-state index contributed by atoms with van der Waals surface area (Å²) in [7, 11) is 0. The van der Waals surface area contributed by atoms with Crippen LogP contribution in [0.3, 0.4) is 0 Å². The summed E-state index contributed by atoms with van der Waals surface area (Å²) in [5, 5.41) is 8.58. The molecule has 2 aromatic rings. The first-order valence-electron chi connectivity index (χ1n) is 13.4. The van der Waals surface area contributed by atoms with E-state index in [1.54, 1.807) is 11.2 Å². The van der Waals surface area contributed by atoms with Gasteiger partial charge in [0.05, 0.1) is 17.3 Å². The molecule has 198 valence electrons. The predicted molar refractivity (Wildman–Crippen MR) is 148 cm³/mol. The van der Waals surface area contributed by atoms with E-state index in [-0.39, 0.29) is 6.09 Å². The van der Waals surface area contributed by atoms with Gasteiger partial charge in [0.15, 0.2) is 0 Å². The van der Waals surface area contributed by atoms with Crippen LogP contribution in [0.5, 0.6) is 0 Å². The van der Waals surface area contributed by atoms with Crippen LogP contribution >= 0.6 is 0 Å². The van der Waals surface area contributed by atoms with Crippen LogP contribution in [-0.2, 0) is 11.2 Å². The summed E-state index contributed by atoms with van der Waals surface area (Å²) < 4.78 is 5.49. The van der Waals surface area contributed by atoms with Gasteiger partial charge in [-0.15, -0.1) is 0 Å². The van der Waals surface area contributed by atoms with Crippen LogP contribution in [0.2, 0.25) is 0 Å². The summed E-state index contributed by atoms with van der Waals surface area (Å²) in [5.74, 6) is 1.65. The van der Waals surface area contributed by atoms with Crippen LogP contribution in [0.1, 0.15) is 76.3 Å². The van der Waals surface area contributed by atoms with Gasteiger partial charge < -0.3 is 14.5 Å². The number of nitrogens with zero attached hydrogens (tertiary/aromatic N) is 5. The summed E-state index contributed by atoms with van der Waals surface area (Å²) in [4.78, 5) is 25.4. The van der Waals surface area contributed by atoms with E-state index in [0.717, 1.165) is 43.0 Å². The molecular formula is C30H41N5O2. The van der Waals surface area contributed by atoms with Gasteiger partial charge in [0.2, 0.25) is 0 Å². The molecule has 1 aliphatic carbocycles. The quantitative estimate of drug-likeness (QED) is 0.485. The highest BCUT2D eigenvalue weighted by Crippen LogP contribution is 2.44. The average molecular weight is 504 g/mol. The molecule has 1 aromatic heterocycles. The lowest BCUT2D eigenvalue weighted by Crippen LogP contribution is -2.50. The van der Waals surface area contributed by atoms with Crippen LogP contribution in [0.15, 0.2) is 36.7 Å². The van der Waals surface area contributed by atoms with Crippen molar-refractivity contribution in [3.05, 3.63) is 59.1 Å². The first kappa shape index (κ1) is 28.2. The molecule has 1 aromatic carbocycles. The first-order chi connectivity index (χ1) is 17.7. The van der Waals surface area contributed by atoms with Crippen LogP contribution in [0, 0.1) is 24.2 Å². The molecule has 0 spiro atoms. The summed E-state index contributed by atoms with van der Waals surface area (Å²) >= 11 is 0. The number of anilines is 1. The minimum absolute atomic E-state index is 0.233. The van der Waals surface area contributed by atoms with E-state index in [2.05, 4.69) is 53.9 Å². The second-order valence-corrected chi connectivity index (χ2v) is 10.7. The van der Waals surface area contributed by atoms with E-state index >= 15 is 0 Å². The average Bonchev–Trinajstić information content (AvgIpc) is 3.71. The third kappa shape index (κ3) is 8.04. The summed E-state index contributed by atoms with van der Waals surface area (Å²) in [6, 6.07) is 9.90. The van der Waals surface area contributed by atoms with Crippen molar-refractivity contribution in [3.63, 3.8) is 0 Å². The van der Waals surface area contributed by atoms with Crippen molar-refractivity contribution in [2.45, 2.75) is 72.8 Å². The third-order valence-electron chi connectivity index (χ3n) is 6.46. The topological polar surface area (TPSA) is 82.3 Å². The number of aromatic nitrogens is 2. The fraction of sp³-hybridized carbons (Fsp3) is 0.533. The number of carbonyl (C=O) groups excluding carboxylic acids is 1. The number of hydrogen-bond donors (Lipinski definition) is 0. The monoisotopic (exact) mass is 503 g/mol. The Morgan fingerprint density at radius 1 is 1.19 bits per heavy atom. The molecule has 0 unspecified atom stereocenters. The Morgan fingerprint density at radius 3 is 2.46 bits per heavy atom. The molecule has 1 saturated carbocycles. The van der Waals surface area contributed by atoms with Gasteiger partial charge in [0.25, 0.3) is 0 Å². The van der Waals surface area contributed by atoms with E-state index in [4.69, 9.17) is 10.00 Å². The Kier molecular flexibility index (Phi) is 9.68. The number of hydrogen-bond acceptors (Lipinski definition) is 6. The van der Waals surface area contributed by atoms with E-state index in [0.29, 0.717) is 19.0 Å². The molecule has 2 aliphatic rings. The molecule has 0 atom stereocenters. The minimum atomic E-state index is -0.462. The summed E-state index contributed by atoms with van der Waals surface area (Å²) in [6.07, 6.45) is 8.33. The molecule has 2 fully saturated rings. The van der Waals surface area contributed by atoms with Crippen LogP contribution in [0.4, 0.5) is 10.6 Å². The van der Waals surface area contributed by atoms with Crippen molar-refractivity contribution < 1.29 is 9.53 Å². The fourth-order valence-corrected chi connectivity index (χ4v) is 4.53. The summed E-state index contributed by atoms with van der Waals surface area (Å²) in [5.41, 5.74) is 5.14. The van der Waals surface area contributed by atoms with Gasteiger partial charge in [-0.3, -0.25) is 0 Å². The largest absolute Gasteiger partial charge is 0.444 e. The standard InChI is InChI=1S/C20H30N4O2.C10H11N/c1-6-16(15-7-8-15)17-14(2)21-13-22-18(17)23-9-11-24(12-10-23)19(25)26-20(3,4)5;1-2-4-9-5-3-6-10(7-9)8-11/h6,13,15H,7-12H2,1-5H3;3,5-7H,2,4H2,1H3/b16-6-;. The maximum absolute atomic E-state index is 12.3. The number of piperazine rings is 1. The molecule has 4 rings (SSSR count). The van der Waals surface area contributed by atoms with E-state index < -0.39 is 5.60 Å². The maximum Gasteiger partial charge on any atom is 0.410 e. The number of nitriles is 1. The number of rotatable bonds is 5. The Balaban J connectivity index is 0.000000289. The van der Waals surface area contributed by atoms with E-state index in [9.17, 15) is 4.79 Å². The highest BCUT2D eigenvalue weighted by Gasteiger charge is 2.32. The first-order valence-corrected chi connectivity index (χ1v) is 13.4. The molecule has 1 aliphatic heterocycles. The van der Waals surface area contributed by atoms with Gasteiger partial charge in [0.1, 0.15) is 17.7 Å². The van der Waals surface area contributed by atoms with Crippen LogP contribution < -0.4 is 4.90 Å². The Morgan fingerprint density at radius 2 is 1.89 bits per heavy atom. The van der Waals surface area contributed by atoms with Crippen molar-refractivity contribution in [2.75, 3.05) is 31.1 Å². The SMILES string of the molecule is C/C=C(\c1c(C)ncnc1N1CCN(C(=O)OC(C)(C)C)CC1)C1CC1.CCCc1cccc(C#N)c1. The van der Waals surface area contributed by atoms with Gasteiger partial charge >= 0.3 is 6.09 Å². The molecule has 7 heteroatoms. The zero-order valence-corrected chi connectivity index (χ0v) is 23.3. The van der Waals surface area contributed by atoms with E-state index in [1.165, 1.54) is 29.5 Å². The lowest BCUT2D eigenvalue weighted by molar-refractivity contribution is 0.0240. The zero-order chi connectivity index (χ0) is 27.0. The van der Waals surface area contributed by atoms with Crippen molar-refractivity contribution in [2.24, 2.45) is 5.92 Å². The number of allylic oxidation sites excluding steroid dienone is 2. The Labute approximate surface area is 222 Å². The molecular weight excluding hydrogens is 462 g/mol. The van der Waals surface area contributed by atoms with Crippen molar-refractivity contribution >= 4 is 17.5 Å². The Hall–Kier alpha value is -3.40. The molecule has 0 radical (unpaired) electrons. The summed E-state index contributed by atoms with van der Waals surface area (Å²) in [6.45, 7) is 14.8. The number of ether oxygens (including phenoxy) is 1. The lowest BCUT2D eigenvalue weighted by Gasteiger charge is -2.37. The van der Waals surface area contributed by atoms with Crippen molar-refractivity contribution in [3.8, 4) is 6.07 Å². The molecule has 0 N–H and O–H groups in total. The predicted octanol–water partition coefficient (Wildman–Crippen LogP) is 6.17. The fourth-order valence-electron chi connectivity index (χ4n) is 4.53. The lowest BCUT2D eigenvalue weighted by atomic mass is 9.99. The number of amides is 1. The molecule has 1 saturated heterocycles. The van der Waals surface area contributed by atoms with Crippen LogP contribution in [0.25, 0.3) is 5.57 Å². The van der Waals surface area contributed by atoms with E-state index in [1.807, 2.05) is 39.0 Å². The second kappa shape index (κ2) is 12.7. The van der Waals surface area contributed by atoms with Crippen LogP contribution in [-0.4, -0.2) is 52.7 Å². The normalized spacial score (nSPS) is 16.0. The highest BCUT2D eigenvalue weighted by atomic mass is 16.6. The van der Waals surface area contributed by atoms with Gasteiger partial charge in [0, 0.05) is 31.7 Å². The Bertz CT molecular complexity index is 1130. The van der Waals surface area contributed by atoms with Crippen molar-refractivity contribution in [1.29, 1.82) is 5.26 Å². The van der Waals surface area contributed by atoms with Gasteiger partial charge in [-0.2, -0.15) is 5.26 Å². The second-order valence-electron chi connectivity index (χ2n) is 10.7. The maximum atomic E-state index is 12.3. The molecule has 37 heavy (non-hydrogen) atoms.